The van der Waals surface area contributed by atoms with Gasteiger partial charge in [0.1, 0.15) is 0 Å². The molecule has 7 heteroatoms. The van der Waals surface area contributed by atoms with E-state index in [1.165, 1.54) is 16.7 Å². The number of nitriles is 2. The number of pyridine rings is 1. The van der Waals surface area contributed by atoms with E-state index in [1.54, 1.807) is 62.6 Å². The summed E-state index contributed by atoms with van der Waals surface area (Å²) >= 11 is 0. The van der Waals surface area contributed by atoms with E-state index in [1.807, 2.05) is 12.1 Å². The van der Waals surface area contributed by atoms with Crippen LogP contribution in [0.1, 0.15) is 16.7 Å². The molecule has 0 aliphatic carbocycles. The zero-order valence-corrected chi connectivity index (χ0v) is 16.1. The topological polar surface area (TPSA) is 67.0 Å². The van der Waals surface area contributed by atoms with Crippen molar-refractivity contribution in [3.05, 3.63) is 76.9 Å². The summed E-state index contributed by atoms with van der Waals surface area (Å²) in [4.78, 5) is 7.16. The zero-order valence-electron chi connectivity index (χ0n) is 16.1. The zero-order chi connectivity index (χ0) is 21.1. The first kappa shape index (κ1) is 19.8. The van der Waals surface area contributed by atoms with Crippen molar-refractivity contribution in [3.8, 4) is 12.1 Å². The Bertz CT molecular complexity index is 1070. The second kappa shape index (κ2) is 7.95. The second-order valence-corrected chi connectivity index (χ2v) is 6.45. The van der Waals surface area contributed by atoms with E-state index in [-0.39, 0.29) is 17.2 Å². The number of aromatic nitrogens is 1. The average molecular weight is 389 g/mol. The first-order valence-electron chi connectivity index (χ1n) is 8.70. The van der Waals surface area contributed by atoms with Crippen LogP contribution in [0.25, 0.3) is 0 Å². The standard InChI is InChI=1S/C22H17F2N5/c1-14-19(23)21(28(2)17-8-4-6-15(10-17)12-25)27-22(20(14)24)29(3)18-9-5-7-16(11-18)13-26/h4-11H,1-3H3. The van der Waals surface area contributed by atoms with E-state index in [0.29, 0.717) is 22.5 Å². The van der Waals surface area contributed by atoms with E-state index < -0.39 is 11.6 Å². The fourth-order valence-electron chi connectivity index (χ4n) is 2.89. The van der Waals surface area contributed by atoms with Crippen molar-refractivity contribution in [3.63, 3.8) is 0 Å². The Labute approximate surface area is 167 Å². The van der Waals surface area contributed by atoms with E-state index in [0.717, 1.165) is 0 Å². The van der Waals surface area contributed by atoms with Gasteiger partial charge >= 0.3 is 0 Å². The molecule has 0 unspecified atom stereocenters. The lowest BCUT2D eigenvalue weighted by atomic mass is 10.1. The van der Waals surface area contributed by atoms with Gasteiger partial charge in [0.05, 0.1) is 23.3 Å². The van der Waals surface area contributed by atoms with Crippen molar-refractivity contribution >= 4 is 23.0 Å². The van der Waals surface area contributed by atoms with Gasteiger partial charge in [-0.3, -0.25) is 0 Å². The predicted octanol–water partition coefficient (Wildman–Crippen LogP) is 4.95. The lowest BCUT2D eigenvalue weighted by Gasteiger charge is -2.25. The van der Waals surface area contributed by atoms with Gasteiger partial charge in [0, 0.05) is 31.0 Å². The summed E-state index contributed by atoms with van der Waals surface area (Å²) in [7, 11) is 3.19. The van der Waals surface area contributed by atoms with E-state index >= 15 is 0 Å². The van der Waals surface area contributed by atoms with Crippen molar-refractivity contribution in [1.29, 1.82) is 10.5 Å². The third kappa shape index (κ3) is 3.71. The summed E-state index contributed by atoms with van der Waals surface area (Å²) < 4.78 is 29.7. The number of rotatable bonds is 4. The van der Waals surface area contributed by atoms with Gasteiger partial charge in [-0.1, -0.05) is 12.1 Å². The average Bonchev–Trinajstić information content (AvgIpc) is 2.77. The SMILES string of the molecule is Cc1c(F)c(N(C)c2cccc(C#N)c2)nc(N(C)c2cccc(C#N)c2)c1F. The molecule has 1 heterocycles. The predicted molar refractivity (Wildman–Crippen MR) is 107 cm³/mol. The molecule has 144 valence electrons. The van der Waals surface area contributed by atoms with Gasteiger partial charge < -0.3 is 9.80 Å². The minimum Gasteiger partial charge on any atom is -0.327 e. The van der Waals surface area contributed by atoms with Crippen LogP contribution in [0.5, 0.6) is 0 Å². The molecule has 0 spiro atoms. The van der Waals surface area contributed by atoms with Crippen LogP contribution in [-0.2, 0) is 0 Å². The molecule has 0 aliphatic heterocycles. The van der Waals surface area contributed by atoms with Crippen LogP contribution in [0, 0.1) is 41.2 Å². The molecule has 5 nitrogen and oxygen atoms in total. The van der Waals surface area contributed by atoms with Crippen molar-refractivity contribution in [2.24, 2.45) is 0 Å². The highest BCUT2D eigenvalue weighted by atomic mass is 19.1. The third-order valence-corrected chi connectivity index (χ3v) is 4.62. The summed E-state index contributed by atoms with van der Waals surface area (Å²) in [6, 6.07) is 17.3. The summed E-state index contributed by atoms with van der Waals surface area (Å²) in [5, 5.41) is 18.2. The molecule has 2 aromatic carbocycles. The maximum atomic E-state index is 14.9. The van der Waals surface area contributed by atoms with E-state index in [9.17, 15) is 8.78 Å². The molecule has 0 radical (unpaired) electrons. The molecule has 0 N–H and O–H groups in total. The maximum Gasteiger partial charge on any atom is 0.172 e. The molecule has 3 rings (SSSR count). The largest absolute Gasteiger partial charge is 0.327 e. The van der Waals surface area contributed by atoms with Crippen molar-refractivity contribution in [2.45, 2.75) is 6.92 Å². The molecule has 0 bridgehead atoms. The van der Waals surface area contributed by atoms with Gasteiger partial charge in [0.2, 0.25) is 0 Å². The van der Waals surface area contributed by atoms with Crippen molar-refractivity contribution in [1.82, 2.24) is 4.98 Å². The Hall–Kier alpha value is -3.97. The molecular weight excluding hydrogens is 372 g/mol. The molecule has 0 amide bonds. The quantitative estimate of drug-likeness (QED) is 0.632. The van der Waals surface area contributed by atoms with Crippen molar-refractivity contribution < 1.29 is 8.78 Å². The lowest BCUT2D eigenvalue weighted by molar-refractivity contribution is 0.559. The first-order chi connectivity index (χ1) is 13.9. The number of hydrogen-bond acceptors (Lipinski definition) is 5. The molecule has 1 aromatic heterocycles. The Morgan fingerprint density at radius 1 is 0.793 bits per heavy atom. The fourth-order valence-corrected chi connectivity index (χ4v) is 2.89. The lowest BCUT2D eigenvalue weighted by Crippen LogP contribution is -2.20. The molecule has 0 fully saturated rings. The normalized spacial score (nSPS) is 10.2. The molecule has 0 saturated heterocycles. The van der Waals surface area contributed by atoms with Crippen LogP contribution < -0.4 is 9.80 Å². The van der Waals surface area contributed by atoms with E-state index in [2.05, 4.69) is 4.98 Å². The van der Waals surface area contributed by atoms with Gasteiger partial charge in [-0.2, -0.15) is 10.5 Å². The first-order valence-corrected chi connectivity index (χ1v) is 8.70. The van der Waals surface area contributed by atoms with Gasteiger partial charge in [-0.25, -0.2) is 13.8 Å². The molecular formula is C22H17F2N5. The van der Waals surface area contributed by atoms with Crippen LogP contribution in [0.4, 0.5) is 31.8 Å². The highest BCUT2D eigenvalue weighted by Crippen LogP contribution is 2.34. The van der Waals surface area contributed by atoms with Gasteiger partial charge in [0.25, 0.3) is 0 Å². The van der Waals surface area contributed by atoms with Crippen LogP contribution >= 0.6 is 0 Å². The molecule has 0 aliphatic rings. The van der Waals surface area contributed by atoms with Crippen molar-refractivity contribution in [2.75, 3.05) is 23.9 Å². The summed E-state index contributed by atoms with van der Waals surface area (Å²) in [6.45, 7) is 1.35. The Kier molecular flexibility index (Phi) is 5.43. The number of benzene rings is 2. The Morgan fingerprint density at radius 2 is 1.21 bits per heavy atom. The number of anilines is 4. The summed E-state index contributed by atoms with van der Waals surface area (Å²) in [6.07, 6.45) is 0. The van der Waals surface area contributed by atoms with Crippen LogP contribution in [0.15, 0.2) is 48.5 Å². The number of halogens is 2. The third-order valence-electron chi connectivity index (χ3n) is 4.62. The van der Waals surface area contributed by atoms with Gasteiger partial charge in [-0.15, -0.1) is 0 Å². The van der Waals surface area contributed by atoms with E-state index in [4.69, 9.17) is 10.5 Å². The number of nitrogens with zero attached hydrogens (tertiary/aromatic N) is 5. The Morgan fingerprint density at radius 3 is 1.59 bits per heavy atom. The minimum atomic E-state index is -0.782. The highest BCUT2D eigenvalue weighted by Gasteiger charge is 2.23. The second-order valence-electron chi connectivity index (χ2n) is 6.45. The molecule has 0 saturated carbocycles. The maximum absolute atomic E-state index is 14.9. The summed E-state index contributed by atoms with van der Waals surface area (Å²) in [5.74, 6) is -1.71. The van der Waals surface area contributed by atoms with Gasteiger partial charge in [-0.05, 0) is 43.3 Å². The fraction of sp³-hybridized carbons (Fsp3) is 0.136. The van der Waals surface area contributed by atoms with Crippen LogP contribution in [0.3, 0.4) is 0 Å². The molecule has 29 heavy (non-hydrogen) atoms. The highest BCUT2D eigenvalue weighted by molar-refractivity contribution is 5.68. The Balaban J connectivity index is 2.12. The van der Waals surface area contributed by atoms with Crippen LogP contribution in [-0.4, -0.2) is 19.1 Å². The minimum absolute atomic E-state index is 0.0720. The number of hydrogen-bond donors (Lipinski definition) is 0. The summed E-state index contributed by atoms with van der Waals surface area (Å²) in [5.41, 5.74) is 1.75. The monoisotopic (exact) mass is 389 g/mol. The smallest absolute Gasteiger partial charge is 0.172 e. The van der Waals surface area contributed by atoms with Gasteiger partial charge in [0.15, 0.2) is 23.3 Å². The molecule has 0 atom stereocenters. The van der Waals surface area contributed by atoms with Crippen LogP contribution in [0.2, 0.25) is 0 Å². The molecule has 3 aromatic rings.